The highest BCUT2D eigenvalue weighted by atomic mass is 79.9. The maximum absolute atomic E-state index is 11.9. The van der Waals surface area contributed by atoms with Crippen molar-refractivity contribution in [3.05, 3.63) is 27.1 Å². The van der Waals surface area contributed by atoms with E-state index in [1.54, 1.807) is 6.07 Å². The van der Waals surface area contributed by atoms with E-state index in [0.29, 0.717) is 16.3 Å². The van der Waals surface area contributed by atoms with E-state index >= 15 is 0 Å². The van der Waals surface area contributed by atoms with Crippen LogP contribution in [0.15, 0.2) is 16.6 Å². The standard InChI is InChI=1S/C11H14BrN2O4/c1-7-3-8(12)10-9(4-7)14(16)18-11(15,5-13-10)6-17-2/h3-4,13,15H,5-6H2,1-2H3/q+1. The molecule has 18 heavy (non-hydrogen) atoms. The Bertz CT molecular complexity index is 494. The third-order valence-electron chi connectivity index (χ3n) is 2.57. The Morgan fingerprint density at radius 1 is 1.67 bits per heavy atom. The van der Waals surface area contributed by atoms with Gasteiger partial charge >= 0.3 is 11.5 Å². The van der Waals surface area contributed by atoms with Crippen LogP contribution in [0.5, 0.6) is 0 Å². The van der Waals surface area contributed by atoms with Crippen LogP contribution in [0.2, 0.25) is 0 Å². The zero-order valence-corrected chi connectivity index (χ0v) is 11.7. The molecule has 1 aliphatic heterocycles. The van der Waals surface area contributed by atoms with Gasteiger partial charge in [0, 0.05) is 17.6 Å². The molecule has 2 rings (SSSR count). The van der Waals surface area contributed by atoms with Crippen molar-refractivity contribution in [3.63, 3.8) is 0 Å². The summed E-state index contributed by atoms with van der Waals surface area (Å²) in [5.41, 5.74) is 1.81. The van der Waals surface area contributed by atoms with Crippen molar-refractivity contribution in [1.82, 2.24) is 0 Å². The molecule has 0 amide bonds. The number of halogens is 1. The van der Waals surface area contributed by atoms with Gasteiger partial charge in [0.2, 0.25) is 0 Å². The highest BCUT2D eigenvalue weighted by Gasteiger charge is 2.43. The first-order chi connectivity index (χ1) is 8.45. The first-order valence-electron chi connectivity index (χ1n) is 5.37. The van der Waals surface area contributed by atoms with E-state index in [-0.39, 0.29) is 13.2 Å². The normalized spacial score (nSPS) is 22.8. The summed E-state index contributed by atoms with van der Waals surface area (Å²) in [6.45, 7) is 1.81. The number of anilines is 1. The van der Waals surface area contributed by atoms with E-state index in [2.05, 4.69) is 21.2 Å². The Hall–Kier alpha value is -1.18. The van der Waals surface area contributed by atoms with E-state index in [9.17, 15) is 10.0 Å². The molecule has 2 N–H and O–H groups in total. The molecule has 98 valence electrons. The van der Waals surface area contributed by atoms with Gasteiger partial charge in [0.05, 0.1) is 11.5 Å². The highest BCUT2D eigenvalue weighted by Crippen LogP contribution is 2.37. The van der Waals surface area contributed by atoms with Gasteiger partial charge in [-0.25, -0.2) is 0 Å². The maximum atomic E-state index is 11.9. The number of nitrogens with one attached hydrogen (secondary N) is 1. The van der Waals surface area contributed by atoms with Crippen molar-refractivity contribution < 1.29 is 19.6 Å². The second-order valence-electron chi connectivity index (χ2n) is 4.22. The predicted molar refractivity (Wildman–Crippen MR) is 68.6 cm³/mol. The van der Waals surface area contributed by atoms with Crippen molar-refractivity contribution in [2.24, 2.45) is 0 Å². The average Bonchev–Trinajstić information content (AvgIpc) is 2.37. The van der Waals surface area contributed by atoms with E-state index in [0.717, 1.165) is 10.0 Å². The molecule has 6 nitrogen and oxygen atoms in total. The summed E-state index contributed by atoms with van der Waals surface area (Å²) in [6, 6.07) is 3.55. The van der Waals surface area contributed by atoms with Gasteiger partial charge in [-0.2, -0.15) is 4.84 Å². The molecule has 0 radical (unpaired) electrons. The lowest BCUT2D eigenvalue weighted by Gasteiger charge is -2.18. The summed E-state index contributed by atoms with van der Waals surface area (Å²) in [4.78, 5) is 17.2. The minimum atomic E-state index is -1.69. The van der Waals surface area contributed by atoms with Crippen LogP contribution in [0.1, 0.15) is 5.56 Å². The molecule has 1 aromatic rings. The van der Waals surface area contributed by atoms with Crippen molar-refractivity contribution in [2.45, 2.75) is 12.7 Å². The summed E-state index contributed by atoms with van der Waals surface area (Å²) < 4.78 is 5.59. The molecule has 1 unspecified atom stereocenters. The summed E-state index contributed by atoms with van der Waals surface area (Å²) in [5, 5.41) is 13.1. The lowest BCUT2D eigenvalue weighted by atomic mass is 10.2. The topological polar surface area (TPSA) is 70.8 Å². The van der Waals surface area contributed by atoms with Gasteiger partial charge in [-0.3, -0.25) is 0 Å². The fraction of sp³-hybridized carbons (Fsp3) is 0.455. The molecule has 0 saturated heterocycles. The number of aliphatic hydroxyl groups is 1. The van der Waals surface area contributed by atoms with E-state index in [4.69, 9.17) is 9.57 Å². The number of aryl methyl sites for hydroxylation is 1. The van der Waals surface area contributed by atoms with Gasteiger partial charge in [-0.1, -0.05) is 0 Å². The first kappa shape index (κ1) is 13.3. The molecule has 1 aliphatic rings. The zero-order valence-electron chi connectivity index (χ0n) is 10.1. The van der Waals surface area contributed by atoms with Gasteiger partial charge in [0.1, 0.15) is 12.3 Å². The number of methoxy groups -OCH3 is 1. The van der Waals surface area contributed by atoms with Crippen LogP contribution in [0.25, 0.3) is 0 Å². The average molecular weight is 318 g/mol. The number of rotatable bonds is 2. The van der Waals surface area contributed by atoms with Gasteiger partial charge in [-0.15, -0.1) is 0 Å². The van der Waals surface area contributed by atoms with Crippen molar-refractivity contribution in [2.75, 3.05) is 25.6 Å². The van der Waals surface area contributed by atoms with E-state index in [1.807, 2.05) is 13.0 Å². The van der Waals surface area contributed by atoms with Crippen LogP contribution in [-0.4, -0.2) is 36.1 Å². The third kappa shape index (κ3) is 2.47. The molecule has 0 aliphatic carbocycles. The van der Waals surface area contributed by atoms with Crippen LogP contribution in [0.3, 0.4) is 0 Å². The predicted octanol–water partition coefficient (Wildman–Crippen LogP) is 1.86. The minimum absolute atomic E-state index is 0.0498. The van der Waals surface area contributed by atoms with E-state index < -0.39 is 5.79 Å². The SMILES string of the molecule is COCC1(O)CNc2c(Br)cc(C)cc2[N+](=O)O1. The second-order valence-corrected chi connectivity index (χ2v) is 5.08. The van der Waals surface area contributed by atoms with Crippen LogP contribution < -0.4 is 5.32 Å². The van der Waals surface area contributed by atoms with E-state index in [1.165, 1.54) is 7.11 Å². The summed E-state index contributed by atoms with van der Waals surface area (Å²) in [7, 11) is 1.43. The van der Waals surface area contributed by atoms with Gasteiger partial charge in [-0.05, 0) is 34.5 Å². The first-order valence-corrected chi connectivity index (χ1v) is 6.16. The lowest BCUT2D eigenvalue weighted by Crippen LogP contribution is -2.44. The molecular formula is C11H14BrN2O4+. The fourth-order valence-electron chi connectivity index (χ4n) is 1.81. The quantitative estimate of drug-likeness (QED) is 0.871. The van der Waals surface area contributed by atoms with Gasteiger partial charge < -0.3 is 15.2 Å². The molecule has 1 aromatic carbocycles. The number of hydrogen-bond donors (Lipinski definition) is 2. The Labute approximate surface area is 113 Å². The number of nitrogens with zero attached hydrogens (tertiary/aromatic N) is 1. The van der Waals surface area contributed by atoms with Crippen LogP contribution in [0.4, 0.5) is 11.4 Å². The number of hydrogen-bond acceptors (Lipinski definition) is 5. The Balaban J connectivity index is 2.41. The van der Waals surface area contributed by atoms with Crippen molar-refractivity contribution in [3.8, 4) is 0 Å². The Kier molecular flexibility index (Phi) is 3.56. The van der Waals surface area contributed by atoms with Crippen LogP contribution in [0, 0.1) is 11.8 Å². The molecule has 7 heteroatoms. The van der Waals surface area contributed by atoms with Crippen LogP contribution >= 0.6 is 15.9 Å². The van der Waals surface area contributed by atoms with Crippen molar-refractivity contribution in [1.29, 1.82) is 0 Å². The summed E-state index contributed by atoms with van der Waals surface area (Å²) in [6.07, 6.45) is 0. The fourth-order valence-corrected chi connectivity index (χ4v) is 2.51. The number of β-amino-alcohol motifs (C(OH)–C–C–N with tert-alkyl or cyclic N) is 1. The molecule has 0 bridgehead atoms. The minimum Gasteiger partial charge on any atom is -0.377 e. The highest BCUT2D eigenvalue weighted by molar-refractivity contribution is 9.10. The largest absolute Gasteiger partial charge is 0.377 e. The summed E-state index contributed by atoms with van der Waals surface area (Å²) in [5.74, 6) is -1.69. The molecule has 0 fully saturated rings. The molecule has 0 spiro atoms. The Morgan fingerprint density at radius 2 is 2.39 bits per heavy atom. The van der Waals surface area contributed by atoms with Gasteiger partial charge in [0.25, 0.3) is 4.92 Å². The monoisotopic (exact) mass is 317 g/mol. The molecule has 0 aromatic heterocycles. The molecule has 1 heterocycles. The zero-order chi connectivity index (χ0) is 13.3. The summed E-state index contributed by atoms with van der Waals surface area (Å²) >= 11 is 3.38. The molecule has 0 saturated carbocycles. The van der Waals surface area contributed by atoms with Gasteiger partial charge in [0.15, 0.2) is 0 Å². The molecular weight excluding hydrogens is 304 g/mol. The number of benzene rings is 1. The maximum Gasteiger partial charge on any atom is 0.341 e. The number of fused-ring (bicyclic) bond motifs is 1. The lowest BCUT2D eigenvalue weighted by molar-refractivity contribution is -0.782. The third-order valence-corrected chi connectivity index (χ3v) is 3.20. The number of ether oxygens (including phenoxy) is 1. The molecule has 1 atom stereocenters. The smallest absolute Gasteiger partial charge is 0.341 e. The Morgan fingerprint density at radius 3 is 3.06 bits per heavy atom. The van der Waals surface area contributed by atoms with Crippen molar-refractivity contribution >= 4 is 27.3 Å². The second kappa shape index (κ2) is 4.83. The van der Waals surface area contributed by atoms with Crippen LogP contribution in [-0.2, 0) is 9.57 Å².